The highest BCUT2D eigenvalue weighted by Gasteiger charge is 2.15. The Bertz CT molecular complexity index is 438. The minimum atomic E-state index is -0.546. The number of unbranched alkanes of at least 4 members (excludes halogenated alkanes) is 1. The number of benzene rings is 1. The molecule has 0 fully saturated rings. The van der Waals surface area contributed by atoms with Gasteiger partial charge in [-0.2, -0.15) is 0 Å². The number of halogens is 3. The van der Waals surface area contributed by atoms with Gasteiger partial charge < -0.3 is 11.1 Å². The first-order valence-corrected chi connectivity index (χ1v) is 6.80. The SMILES string of the molecule is CCCC[C@H](N)C(=O)Nc1cc(Cl)c(Cl)cc1Cl. The zero-order valence-electron chi connectivity index (χ0n) is 9.97. The van der Waals surface area contributed by atoms with Crippen molar-refractivity contribution in [3.63, 3.8) is 0 Å². The molecule has 1 aromatic carbocycles. The summed E-state index contributed by atoms with van der Waals surface area (Å²) in [6.45, 7) is 2.04. The Hall–Kier alpha value is -0.480. The molecule has 1 aromatic rings. The van der Waals surface area contributed by atoms with Gasteiger partial charge in [-0.25, -0.2) is 0 Å². The minimum absolute atomic E-state index is 0.274. The van der Waals surface area contributed by atoms with Gasteiger partial charge in [-0.05, 0) is 18.6 Å². The van der Waals surface area contributed by atoms with Crippen LogP contribution in [0.25, 0.3) is 0 Å². The normalized spacial score (nSPS) is 12.3. The number of nitrogens with one attached hydrogen (secondary N) is 1. The summed E-state index contributed by atoms with van der Waals surface area (Å²) in [4.78, 5) is 11.8. The quantitative estimate of drug-likeness (QED) is 0.804. The minimum Gasteiger partial charge on any atom is -0.323 e. The molecule has 1 amide bonds. The maximum atomic E-state index is 11.8. The zero-order chi connectivity index (χ0) is 13.7. The molecule has 0 aromatic heterocycles. The molecule has 0 saturated heterocycles. The molecular weight excluding hydrogens is 295 g/mol. The first-order valence-electron chi connectivity index (χ1n) is 5.66. The molecule has 0 aliphatic heterocycles. The van der Waals surface area contributed by atoms with Crippen LogP contribution in [0.5, 0.6) is 0 Å². The molecule has 0 heterocycles. The second kappa shape index (κ2) is 7.19. The Labute approximate surface area is 122 Å². The molecule has 6 heteroatoms. The van der Waals surface area contributed by atoms with Crippen LogP contribution in [0, 0.1) is 0 Å². The predicted molar refractivity (Wildman–Crippen MR) is 77.6 cm³/mol. The van der Waals surface area contributed by atoms with Gasteiger partial charge in [0.05, 0.1) is 26.8 Å². The van der Waals surface area contributed by atoms with Gasteiger partial charge in [0, 0.05) is 0 Å². The topological polar surface area (TPSA) is 55.1 Å². The van der Waals surface area contributed by atoms with E-state index < -0.39 is 6.04 Å². The van der Waals surface area contributed by atoms with Crippen molar-refractivity contribution >= 4 is 46.4 Å². The average molecular weight is 310 g/mol. The smallest absolute Gasteiger partial charge is 0.241 e. The van der Waals surface area contributed by atoms with E-state index in [2.05, 4.69) is 5.32 Å². The number of hydrogen-bond donors (Lipinski definition) is 2. The molecule has 1 atom stereocenters. The molecule has 0 spiro atoms. The molecule has 1 rings (SSSR count). The van der Waals surface area contributed by atoms with Gasteiger partial charge >= 0.3 is 0 Å². The number of carbonyl (C=O) groups excluding carboxylic acids is 1. The van der Waals surface area contributed by atoms with Crippen LogP contribution < -0.4 is 11.1 Å². The van der Waals surface area contributed by atoms with Crippen molar-refractivity contribution in [3.8, 4) is 0 Å². The third-order valence-corrected chi connectivity index (χ3v) is 3.51. The van der Waals surface area contributed by atoms with E-state index in [1.54, 1.807) is 0 Å². The Balaban J connectivity index is 2.72. The van der Waals surface area contributed by atoms with E-state index in [-0.39, 0.29) is 5.91 Å². The number of anilines is 1. The van der Waals surface area contributed by atoms with E-state index in [1.807, 2.05) is 6.92 Å². The largest absolute Gasteiger partial charge is 0.323 e. The van der Waals surface area contributed by atoms with Gasteiger partial charge in [0.1, 0.15) is 0 Å². The monoisotopic (exact) mass is 308 g/mol. The van der Waals surface area contributed by atoms with E-state index in [4.69, 9.17) is 40.5 Å². The molecule has 100 valence electrons. The molecule has 0 radical (unpaired) electrons. The summed E-state index contributed by atoms with van der Waals surface area (Å²) < 4.78 is 0. The van der Waals surface area contributed by atoms with Gasteiger partial charge in [0.15, 0.2) is 0 Å². The first kappa shape index (κ1) is 15.6. The average Bonchev–Trinajstić information content (AvgIpc) is 2.32. The Morgan fingerprint density at radius 1 is 1.28 bits per heavy atom. The fourth-order valence-corrected chi connectivity index (χ4v) is 1.99. The number of hydrogen-bond acceptors (Lipinski definition) is 2. The van der Waals surface area contributed by atoms with E-state index in [0.717, 1.165) is 12.8 Å². The van der Waals surface area contributed by atoms with E-state index in [1.165, 1.54) is 12.1 Å². The lowest BCUT2D eigenvalue weighted by Crippen LogP contribution is -2.35. The maximum Gasteiger partial charge on any atom is 0.241 e. The van der Waals surface area contributed by atoms with E-state index in [9.17, 15) is 4.79 Å². The van der Waals surface area contributed by atoms with Crippen molar-refractivity contribution in [1.82, 2.24) is 0 Å². The van der Waals surface area contributed by atoms with Crippen molar-refractivity contribution in [2.24, 2.45) is 5.73 Å². The summed E-state index contributed by atoms with van der Waals surface area (Å²) in [5, 5.41) is 3.66. The highest BCUT2D eigenvalue weighted by atomic mass is 35.5. The van der Waals surface area contributed by atoms with Crippen molar-refractivity contribution in [2.75, 3.05) is 5.32 Å². The van der Waals surface area contributed by atoms with Crippen molar-refractivity contribution in [1.29, 1.82) is 0 Å². The van der Waals surface area contributed by atoms with Crippen LogP contribution in [0.15, 0.2) is 12.1 Å². The van der Waals surface area contributed by atoms with E-state index >= 15 is 0 Å². The molecule has 18 heavy (non-hydrogen) atoms. The maximum absolute atomic E-state index is 11.8. The molecule has 3 nitrogen and oxygen atoms in total. The summed E-state index contributed by atoms with van der Waals surface area (Å²) in [5.74, 6) is -0.274. The lowest BCUT2D eigenvalue weighted by atomic mass is 10.1. The lowest BCUT2D eigenvalue weighted by molar-refractivity contribution is -0.117. The van der Waals surface area contributed by atoms with Gasteiger partial charge in [0.2, 0.25) is 5.91 Å². The van der Waals surface area contributed by atoms with Crippen LogP contribution in [0.3, 0.4) is 0 Å². The third kappa shape index (κ3) is 4.32. The second-order valence-electron chi connectivity index (χ2n) is 3.98. The third-order valence-electron chi connectivity index (χ3n) is 2.47. The fraction of sp³-hybridized carbons (Fsp3) is 0.417. The number of nitrogens with two attached hydrogens (primary N) is 1. The molecule has 0 bridgehead atoms. The van der Waals surface area contributed by atoms with Gasteiger partial charge in [0.25, 0.3) is 0 Å². The zero-order valence-corrected chi connectivity index (χ0v) is 12.2. The Morgan fingerprint density at radius 3 is 2.50 bits per heavy atom. The van der Waals surface area contributed by atoms with Gasteiger partial charge in [-0.15, -0.1) is 0 Å². The summed E-state index contributed by atoms with van der Waals surface area (Å²) in [7, 11) is 0. The Kier molecular flexibility index (Phi) is 6.22. The van der Waals surface area contributed by atoms with Crippen molar-refractivity contribution in [2.45, 2.75) is 32.2 Å². The number of rotatable bonds is 5. The Morgan fingerprint density at radius 2 is 1.89 bits per heavy atom. The summed E-state index contributed by atoms with van der Waals surface area (Å²) in [5.41, 5.74) is 6.17. The molecule has 0 saturated carbocycles. The van der Waals surface area contributed by atoms with Crippen molar-refractivity contribution < 1.29 is 4.79 Å². The highest BCUT2D eigenvalue weighted by molar-refractivity contribution is 6.44. The first-order chi connectivity index (χ1) is 8.45. The summed E-state index contributed by atoms with van der Waals surface area (Å²) in [6.07, 6.45) is 2.54. The standard InChI is InChI=1S/C12H15Cl3N2O/c1-2-3-4-10(16)12(18)17-11-6-8(14)7(13)5-9(11)15/h5-6,10H,2-4,16H2,1H3,(H,17,18)/t10-/m0/s1. The molecule has 3 N–H and O–H groups in total. The van der Waals surface area contributed by atoms with Gasteiger partial charge in [-0.1, -0.05) is 54.6 Å². The van der Waals surface area contributed by atoms with Crippen LogP contribution in [0.2, 0.25) is 15.1 Å². The number of carbonyl (C=O) groups is 1. The van der Waals surface area contributed by atoms with Crippen LogP contribution in [-0.2, 0) is 4.79 Å². The summed E-state index contributed by atoms with van der Waals surface area (Å²) >= 11 is 17.6. The second-order valence-corrected chi connectivity index (χ2v) is 5.21. The number of amides is 1. The van der Waals surface area contributed by atoms with Crippen molar-refractivity contribution in [3.05, 3.63) is 27.2 Å². The van der Waals surface area contributed by atoms with E-state index in [0.29, 0.717) is 27.2 Å². The van der Waals surface area contributed by atoms with Crippen LogP contribution in [-0.4, -0.2) is 11.9 Å². The lowest BCUT2D eigenvalue weighted by Gasteiger charge is -2.13. The molecular formula is C12H15Cl3N2O. The van der Waals surface area contributed by atoms with Crippen LogP contribution in [0.4, 0.5) is 5.69 Å². The highest BCUT2D eigenvalue weighted by Crippen LogP contribution is 2.32. The summed E-state index contributed by atoms with van der Waals surface area (Å²) in [6, 6.07) is 2.45. The molecule has 0 unspecified atom stereocenters. The van der Waals surface area contributed by atoms with Crippen LogP contribution >= 0.6 is 34.8 Å². The van der Waals surface area contributed by atoms with Gasteiger partial charge in [-0.3, -0.25) is 4.79 Å². The molecule has 0 aliphatic rings. The van der Waals surface area contributed by atoms with Crippen LogP contribution in [0.1, 0.15) is 26.2 Å². The molecule has 0 aliphatic carbocycles. The fourth-order valence-electron chi connectivity index (χ4n) is 1.40. The predicted octanol–water partition coefficient (Wildman–Crippen LogP) is 4.10.